The molecule has 0 bridgehead atoms. The van der Waals surface area contributed by atoms with E-state index < -0.39 is 0 Å². The molecule has 0 unspecified atom stereocenters. The Morgan fingerprint density at radius 3 is 2.95 bits per heavy atom. The van der Waals surface area contributed by atoms with Crippen molar-refractivity contribution in [2.45, 2.75) is 37.6 Å². The van der Waals surface area contributed by atoms with Crippen molar-refractivity contribution >= 4 is 17.5 Å². The number of aromatic nitrogens is 6. The summed E-state index contributed by atoms with van der Waals surface area (Å²) in [4.78, 5) is 29.4. The maximum atomic E-state index is 12.1. The Hall–Kier alpha value is -2.22. The van der Waals surface area contributed by atoms with Gasteiger partial charge in [0.2, 0.25) is 0 Å². The summed E-state index contributed by atoms with van der Waals surface area (Å²) >= 11 is 1.45. The normalized spacial score (nSPS) is 11.2. The molecule has 0 fully saturated rings. The van der Waals surface area contributed by atoms with Crippen molar-refractivity contribution in [3.8, 4) is 0 Å². The van der Waals surface area contributed by atoms with E-state index >= 15 is 0 Å². The lowest BCUT2D eigenvalue weighted by molar-refractivity contribution is 0.804. The zero-order chi connectivity index (χ0) is 15.5. The van der Waals surface area contributed by atoms with Gasteiger partial charge in [0.1, 0.15) is 5.82 Å². The molecule has 0 saturated carbocycles. The van der Waals surface area contributed by atoms with Crippen LogP contribution in [0.5, 0.6) is 0 Å². The lowest BCUT2D eigenvalue weighted by atomic mass is 10.3. The summed E-state index contributed by atoms with van der Waals surface area (Å²) in [6.07, 6.45) is 3.48. The second-order valence-electron chi connectivity index (χ2n) is 4.91. The third-order valence-corrected chi connectivity index (χ3v) is 3.93. The summed E-state index contributed by atoms with van der Waals surface area (Å²) in [7, 11) is 0. The van der Waals surface area contributed by atoms with Gasteiger partial charge in [0, 0.05) is 30.1 Å². The van der Waals surface area contributed by atoms with Crippen molar-refractivity contribution in [3.63, 3.8) is 0 Å². The smallest absolute Gasteiger partial charge is 0.274 e. The van der Waals surface area contributed by atoms with E-state index in [-0.39, 0.29) is 5.56 Å². The molecule has 3 aromatic heterocycles. The molecule has 0 aliphatic heterocycles. The fourth-order valence-electron chi connectivity index (χ4n) is 2.03. The van der Waals surface area contributed by atoms with E-state index in [1.54, 1.807) is 6.20 Å². The molecule has 114 valence electrons. The van der Waals surface area contributed by atoms with Gasteiger partial charge in [0.25, 0.3) is 11.3 Å². The van der Waals surface area contributed by atoms with E-state index in [0.717, 1.165) is 24.4 Å². The first kappa shape index (κ1) is 14.7. The maximum Gasteiger partial charge on any atom is 0.274 e. The Morgan fingerprint density at radius 1 is 1.32 bits per heavy atom. The Labute approximate surface area is 131 Å². The number of thioether (sulfide) groups is 1. The molecule has 0 aliphatic carbocycles. The number of fused-ring (bicyclic) bond motifs is 1. The standard InChI is InChI=1S/C14H16N6OS/c1-3-4-11-18-13-17-10(7-12(21)20(13)19-11)8-22-14-15-6-5-9(2)16-14/h5-7H,3-4,8H2,1-2H3,(H,17,18,19). The van der Waals surface area contributed by atoms with Crippen LogP contribution in [0.1, 0.15) is 30.6 Å². The average Bonchev–Trinajstić information content (AvgIpc) is 2.89. The van der Waals surface area contributed by atoms with E-state index in [1.165, 1.54) is 22.3 Å². The highest BCUT2D eigenvalue weighted by Crippen LogP contribution is 2.17. The van der Waals surface area contributed by atoms with Crippen LogP contribution in [0.3, 0.4) is 0 Å². The molecule has 3 heterocycles. The highest BCUT2D eigenvalue weighted by molar-refractivity contribution is 7.98. The van der Waals surface area contributed by atoms with Gasteiger partial charge in [-0.15, -0.1) is 0 Å². The zero-order valence-electron chi connectivity index (χ0n) is 12.4. The molecular weight excluding hydrogens is 300 g/mol. The Morgan fingerprint density at radius 2 is 2.18 bits per heavy atom. The summed E-state index contributed by atoms with van der Waals surface area (Å²) in [5, 5.41) is 3.65. The van der Waals surface area contributed by atoms with Crippen molar-refractivity contribution in [2.75, 3.05) is 0 Å². The lowest BCUT2D eigenvalue weighted by Gasteiger charge is -2.00. The SMILES string of the molecule is CCCc1nc2nc(CSc3nccc(C)n3)cc(=O)n2[nH]1. The molecule has 0 radical (unpaired) electrons. The summed E-state index contributed by atoms with van der Waals surface area (Å²) in [5.74, 6) is 1.72. The summed E-state index contributed by atoms with van der Waals surface area (Å²) < 4.78 is 1.38. The quantitative estimate of drug-likeness (QED) is 0.570. The first-order chi connectivity index (χ1) is 10.7. The zero-order valence-corrected chi connectivity index (χ0v) is 13.2. The lowest BCUT2D eigenvalue weighted by Crippen LogP contribution is -2.15. The molecule has 0 amide bonds. The first-order valence-electron chi connectivity index (χ1n) is 7.05. The summed E-state index contributed by atoms with van der Waals surface area (Å²) in [6, 6.07) is 3.36. The van der Waals surface area contributed by atoms with Gasteiger partial charge < -0.3 is 0 Å². The van der Waals surface area contributed by atoms with Gasteiger partial charge in [0.15, 0.2) is 5.16 Å². The van der Waals surface area contributed by atoms with Crippen molar-refractivity contribution < 1.29 is 0 Å². The number of rotatable bonds is 5. The highest BCUT2D eigenvalue weighted by Gasteiger charge is 2.08. The summed E-state index contributed by atoms with van der Waals surface area (Å²) in [5.41, 5.74) is 1.44. The van der Waals surface area contributed by atoms with Gasteiger partial charge in [-0.3, -0.25) is 9.89 Å². The van der Waals surface area contributed by atoms with Crippen LogP contribution in [0.4, 0.5) is 0 Å². The molecule has 0 aromatic carbocycles. The molecule has 3 aromatic rings. The van der Waals surface area contributed by atoms with Crippen LogP contribution < -0.4 is 5.56 Å². The predicted molar refractivity (Wildman–Crippen MR) is 83.9 cm³/mol. The monoisotopic (exact) mass is 316 g/mol. The predicted octanol–water partition coefficient (Wildman–Crippen LogP) is 1.76. The molecule has 0 spiro atoms. The van der Waals surface area contributed by atoms with Gasteiger partial charge >= 0.3 is 0 Å². The second kappa shape index (κ2) is 6.27. The van der Waals surface area contributed by atoms with E-state index in [2.05, 4.69) is 32.0 Å². The molecule has 1 N–H and O–H groups in total. The van der Waals surface area contributed by atoms with Gasteiger partial charge in [-0.25, -0.2) is 15.0 Å². The number of aromatic amines is 1. The van der Waals surface area contributed by atoms with E-state index in [0.29, 0.717) is 22.4 Å². The maximum absolute atomic E-state index is 12.1. The molecule has 22 heavy (non-hydrogen) atoms. The number of nitrogens with one attached hydrogen (secondary N) is 1. The minimum Gasteiger partial charge on any atom is -0.275 e. The number of aryl methyl sites for hydroxylation is 2. The molecular formula is C14H16N6OS. The fraction of sp³-hybridized carbons (Fsp3) is 0.357. The molecule has 0 saturated heterocycles. The van der Waals surface area contributed by atoms with Crippen molar-refractivity contribution in [3.05, 3.63) is 45.9 Å². The second-order valence-corrected chi connectivity index (χ2v) is 5.85. The number of nitrogens with zero attached hydrogens (tertiary/aromatic N) is 5. The van der Waals surface area contributed by atoms with Gasteiger partial charge in [0.05, 0.1) is 5.69 Å². The topological polar surface area (TPSA) is 88.8 Å². The average molecular weight is 316 g/mol. The minimum atomic E-state index is -0.152. The minimum absolute atomic E-state index is 0.152. The first-order valence-corrected chi connectivity index (χ1v) is 8.04. The van der Waals surface area contributed by atoms with Crippen molar-refractivity contribution in [2.24, 2.45) is 0 Å². The number of H-pyrrole nitrogens is 1. The molecule has 3 rings (SSSR count). The summed E-state index contributed by atoms with van der Waals surface area (Å²) in [6.45, 7) is 3.98. The third-order valence-electron chi connectivity index (χ3n) is 3.04. The van der Waals surface area contributed by atoms with Crippen LogP contribution >= 0.6 is 11.8 Å². The van der Waals surface area contributed by atoms with E-state index in [1.807, 2.05) is 13.0 Å². The largest absolute Gasteiger partial charge is 0.275 e. The van der Waals surface area contributed by atoms with Crippen LogP contribution in [0.25, 0.3) is 5.78 Å². The molecule has 0 aliphatic rings. The fourth-order valence-corrected chi connectivity index (χ4v) is 2.80. The molecule has 7 nitrogen and oxygen atoms in total. The molecule has 8 heteroatoms. The van der Waals surface area contributed by atoms with Crippen LogP contribution in [-0.4, -0.2) is 29.5 Å². The Kier molecular flexibility index (Phi) is 4.19. The van der Waals surface area contributed by atoms with Crippen LogP contribution in [0, 0.1) is 6.92 Å². The van der Waals surface area contributed by atoms with Crippen LogP contribution in [0.15, 0.2) is 28.3 Å². The van der Waals surface area contributed by atoms with Gasteiger partial charge in [-0.1, -0.05) is 18.7 Å². The van der Waals surface area contributed by atoms with E-state index in [9.17, 15) is 4.79 Å². The van der Waals surface area contributed by atoms with Crippen molar-refractivity contribution in [1.29, 1.82) is 0 Å². The van der Waals surface area contributed by atoms with Gasteiger partial charge in [-0.05, 0) is 19.4 Å². The molecule has 0 atom stereocenters. The van der Waals surface area contributed by atoms with E-state index in [4.69, 9.17) is 0 Å². The van der Waals surface area contributed by atoms with Crippen molar-refractivity contribution in [1.82, 2.24) is 29.5 Å². The number of hydrogen-bond donors (Lipinski definition) is 1. The van der Waals surface area contributed by atoms with Crippen LogP contribution in [-0.2, 0) is 12.2 Å². The van der Waals surface area contributed by atoms with Crippen LogP contribution in [0.2, 0.25) is 0 Å². The Balaban J connectivity index is 1.83. The third kappa shape index (κ3) is 3.16. The Bertz CT molecular complexity index is 856. The number of hydrogen-bond acceptors (Lipinski definition) is 6. The highest BCUT2D eigenvalue weighted by atomic mass is 32.2. The van der Waals surface area contributed by atoms with Gasteiger partial charge in [-0.2, -0.15) is 9.50 Å².